The standard InChI is InChI=1S/C16H20N8O/c1-11(7-24-9-17-8-19-24)20-16(25)21-14-6-4-5-13(12(14)2)15-22-18-10-23(15)3/h4-6,8-11H,7H2,1-3H3,(H2,20,21,25)/t11-/m0/s1. The van der Waals surface area contributed by atoms with E-state index < -0.39 is 0 Å². The second-order valence-electron chi connectivity index (χ2n) is 5.86. The average Bonchev–Trinajstić information content (AvgIpc) is 3.21. The van der Waals surface area contributed by atoms with E-state index in [9.17, 15) is 4.79 Å². The van der Waals surface area contributed by atoms with Crippen molar-refractivity contribution in [2.24, 2.45) is 7.05 Å². The Morgan fingerprint density at radius 3 is 2.84 bits per heavy atom. The highest BCUT2D eigenvalue weighted by Crippen LogP contribution is 2.26. The van der Waals surface area contributed by atoms with E-state index in [1.54, 1.807) is 17.3 Å². The maximum absolute atomic E-state index is 12.3. The first-order chi connectivity index (χ1) is 12.0. The lowest BCUT2D eigenvalue weighted by molar-refractivity contribution is 0.247. The zero-order chi connectivity index (χ0) is 17.8. The van der Waals surface area contributed by atoms with Crippen LogP contribution in [0.5, 0.6) is 0 Å². The molecule has 3 rings (SSSR count). The molecule has 3 aromatic rings. The van der Waals surface area contributed by atoms with Crippen molar-refractivity contribution in [2.45, 2.75) is 26.4 Å². The van der Waals surface area contributed by atoms with Crippen LogP contribution in [0, 0.1) is 6.92 Å². The number of carbonyl (C=O) groups excluding carboxylic acids is 1. The summed E-state index contributed by atoms with van der Waals surface area (Å²) in [4.78, 5) is 16.2. The lowest BCUT2D eigenvalue weighted by Crippen LogP contribution is -2.38. The fourth-order valence-corrected chi connectivity index (χ4v) is 2.58. The van der Waals surface area contributed by atoms with Crippen molar-refractivity contribution >= 4 is 11.7 Å². The smallest absolute Gasteiger partial charge is 0.319 e. The number of aryl methyl sites for hydroxylation is 1. The minimum Gasteiger partial charge on any atom is -0.334 e. The highest BCUT2D eigenvalue weighted by molar-refractivity contribution is 5.91. The van der Waals surface area contributed by atoms with Crippen LogP contribution in [0.15, 0.2) is 37.2 Å². The number of amides is 2. The molecule has 0 saturated carbocycles. The van der Waals surface area contributed by atoms with Gasteiger partial charge in [-0.25, -0.2) is 9.78 Å². The Morgan fingerprint density at radius 2 is 2.16 bits per heavy atom. The Bertz CT molecular complexity index is 855. The Labute approximate surface area is 145 Å². The molecule has 2 aromatic heterocycles. The number of benzene rings is 1. The van der Waals surface area contributed by atoms with Gasteiger partial charge in [0.05, 0.1) is 6.54 Å². The van der Waals surface area contributed by atoms with E-state index in [4.69, 9.17) is 0 Å². The third kappa shape index (κ3) is 3.82. The Balaban J connectivity index is 1.68. The molecule has 0 spiro atoms. The Kier molecular flexibility index (Phi) is 4.73. The van der Waals surface area contributed by atoms with Crippen molar-refractivity contribution in [3.63, 3.8) is 0 Å². The van der Waals surface area contributed by atoms with Crippen LogP contribution in [0.3, 0.4) is 0 Å². The van der Waals surface area contributed by atoms with Crippen LogP contribution in [0.25, 0.3) is 11.4 Å². The Hall–Kier alpha value is -3.23. The molecule has 2 N–H and O–H groups in total. The van der Waals surface area contributed by atoms with Crippen LogP contribution in [0.4, 0.5) is 10.5 Å². The van der Waals surface area contributed by atoms with Gasteiger partial charge in [-0.05, 0) is 25.5 Å². The van der Waals surface area contributed by atoms with Gasteiger partial charge in [0.2, 0.25) is 0 Å². The minimum atomic E-state index is -0.272. The van der Waals surface area contributed by atoms with E-state index in [0.717, 1.165) is 22.6 Å². The fourth-order valence-electron chi connectivity index (χ4n) is 2.58. The number of hydrogen-bond acceptors (Lipinski definition) is 5. The molecule has 0 aliphatic carbocycles. The summed E-state index contributed by atoms with van der Waals surface area (Å²) in [6.07, 6.45) is 4.73. The van der Waals surface area contributed by atoms with Crippen LogP contribution in [0.1, 0.15) is 12.5 Å². The zero-order valence-electron chi connectivity index (χ0n) is 14.3. The van der Waals surface area contributed by atoms with Crippen molar-refractivity contribution in [3.8, 4) is 11.4 Å². The number of anilines is 1. The fraction of sp³-hybridized carbons (Fsp3) is 0.312. The van der Waals surface area contributed by atoms with Gasteiger partial charge < -0.3 is 15.2 Å². The normalized spacial score (nSPS) is 12.0. The van der Waals surface area contributed by atoms with Gasteiger partial charge in [-0.3, -0.25) is 4.68 Å². The molecule has 130 valence electrons. The lowest BCUT2D eigenvalue weighted by Gasteiger charge is -2.16. The summed E-state index contributed by atoms with van der Waals surface area (Å²) < 4.78 is 3.51. The lowest BCUT2D eigenvalue weighted by atomic mass is 10.1. The molecular formula is C16H20N8O. The second kappa shape index (κ2) is 7.12. The number of carbonyl (C=O) groups is 1. The van der Waals surface area contributed by atoms with E-state index in [1.165, 1.54) is 6.33 Å². The third-order valence-corrected chi connectivity index (χ3v) is 3.84. The highest BCUT2D eigenvalue weighted by atomic mass is 16.2. The van der Waals surface area contributed by atoms with E-state index in [0.29, 0.717) is 6.54 Å². The summed E-state index contributed by atoms with van der Waals surface area (Å²) in [6, 6.07) is 5.33. The molecule has 9 nitrogen and oxygen atoms in total. The minimum absolute atomic E-state index is 0.0936. The average molecular weight is 340 g/mol. The monoisotopic (exact) mass is 340 g/mol. The molecule has 1 atom stereocenters. The number of aromatic nitrogens is 6. The van der Waals surface area contributed by atoms with E-state index in [2.05, 4.69) is 30.9 Å². The van der Waals surface area contributed by atoms with Crippen molar-refractivity contribution in [3.05, 3.63) is 42.7 Å². The molecule has 0 aliphatic rings. The summed E-state index contributed by atoms with van der Waals surface area (Å²) in [5, 5.41) is 17.8. The molecule has 0 radical (unpaired) electrons. The quantitative estimate of drug-likeness (QED) is 0.734. The molecule has 2 heterocycles. The SMILES string of the molecule is Cc1c(NC(=O)N[C@@H](C)Cn2cncn2)cccc1-c1nncn1C. The maximum atomic E-state index is 12.3. The van der Waals surface area contributed by atoms with Crippen molar-refractivity contribution in [1.82, 2.24) is 34.8 Å². The van der Waals surface area contributed by atoms with Crippen molar-refractivity contribution in [2.75, 3.05) is 5.32 Å². The molecule has 0 saturated heterocycles. The van der Waals surface area contributed by atoms with E-state index >= 15 is 0 Å². The second-order valence-corrected chi connectivity index (χ2v) is 5.86. The first-order valence-corrected chi connectivity index (χ1v) is 7.88. The van der Waals surface area contributed by atoms with Gasteiger partial charge in [0, 0.05) is 24.3 Å². The van der Waals surface area contributed by atoms with Crippen LogP contribution < -0.4 is 10.6 Å². The van der Waals surface area contributed by atoms with Crippen LogP contribution in [0.2, 0.25) is 0 Å². The van der Waals surface area contributed by atoms with Crippen LogP contribution in [-0.4, -0.2) is 41.6 Å². The maximum Gasteiger partial charge on any atom is 0.319 e. The third-order valence-electron chi connectivity index (χ3n) is 3.84. The topological polar surface area (TPSA) is 103 Å². The predicted octanol–water partition coefficient (Wildman–Crippen LogP) is 1.59. The van der Waals surface area contributed by atoms with Gasteiger partial charge >= 0.3 is 6.03 Å². The number of urea groups is 1. The van der Waals surface area contributed by atoms with Crippen molar-refractivity contribution < 1.29 is 4.79 Å². The Morgan fingerprint density at radius 1 is 1.32 bits per heavy atom. The molecule has 9 heteroatoms. The summed E-state index contributed by atoms with van der Waals surface area (Å²) in [5.74, 6) is 0.751. The molecule has 25 heavy (non-hydrogen) atoms. The number of nitrogens with one attached hydrogen (secondary N) is 2. The van der Waals surface area contributed by atoms with E-state index in [-0.39, 0.29) is 12.1 Å². The highest BCUT2D eigenvalue weighted by Gasteiger charge is 2.13. The molecule has 0 aliphatic heterocycles. The molecule has 2 amide bonds. The van der Waals surface area contributed by atoms with Gasteiger partial charge in [0.15, 0.2) is 5.82 Å². The number of rotatable bonds is 5. The van der Waals surface area contributed by atoms with Gasteiger partial charge in [0.1, 0.15) is 19.0 Å². The summed E-state index contributed by atoms with van der Waals surface area (Å²) in [5.41, 5.74) is 2.58. The van der Waals surface area contributed by atoms with Crippen LogP contribution >= 0.6 is 0 Å². The van der Waals surface area contributed by atoms with E-state index in [1.807, 2.05) is 43.7 Å². The predicted molar refractivity (Wildman–Crippen MR) is 92.8 cm³/mol. The number of hydrogen-bond donors (Lipinski definition) is 2. The number of nitrogens with zero attached hydrogens (tertiary/aromatic N) is 6. The van der Waals surface area contributed by atoms with Gasteiger partial charge in [-0.15, -0.1) is 10.2 Å². The molecule has 1 aromatic carbocycles. The van der Waals surface area contributed by atoms with Gasteiger partial charge in [-0.2, -0.15) is 5.10 Å². The largest absolute Gasteiger partial charge is 0.334 e. The van der Waals surface area contributed by atoms with Crippen LogP contribution in [-0.2, 0) is 13.6 Å². The first kappa shape index (κ1) is 16.6. The van der Waals surface area contributed by atoms with Crippen molar-refractivity contribution in [1.29, 1.82) is 0 Å². The molecule has 0 unspecified atom stereocenters. The molecule has 0 bridgehead atoms. The molecule has 0 fully saturated rings. The zero-order valence-corrected chi connectivity index (χ0v) is 14.3. The van der Waals surface area contributed by atoms with Gasteiger partial charge in [0.25, 0.3) is 0 Å². The van der Waals surface area contributed by atoms with Gasteiger partial charge in [-0.1, -0.05) is 12.1 Å². The summed E-state index contributed by atoms with van der Waals surface area (Å²) >= 11 is 0. The summed E-state index contributed by atoms with van der Waals surface area (Å²) in [7, 11) is 1.88. The summed E-state index contributed by atoms with van der Waals surface area (Å²) in [6.45, 7) is 4.40. The molecular weight excluding hydrogens is 320 g/mol. The first-order valence-electron chi connectivity index (χ1n) is 7.88.